The molecule has 1 aromatic carbocycles. The zero-order valence-corrected chi connectivity index (χ0v) is 15.5. The van der Waals surface area contributed by atoms with E-state index in [2.05, 4.69) is 9.97 Å². The maximum Gasteiger partial charge on any atom is 0.338 e. The zero-order valence-electron chi connectivity index (χ0n) is 15.5. The van der Waals surface area contributed by atoms with Crippen molar-refractivity contribution >= 4 is 11.9 Å². The minimum atomic E-state index is -0.504. The van der Waals surface area contributed by atoms with Gasteiger partial charge in [-0.2, -0.15) is 0 Å². The normalized spacial score (nSPS) is 13.1. The molecule has 0 spiro atoms. The Kier molecular flexibility index (Phi) is 5.54. The Morgan fingerprint density at radius 1 is 1.07 bits per heavy atom. The highest BCUT2D eigenvalue weighted by Crippen LogP contribution is 2.27. The van der Waals surface area contributed by atoms with Crippen LogP contribution >= 0.6 is 0 Å². The van der Waals surface area contributed by atoms with Crippen molar-refractivity contribution in [2.75, 3.05) is 20.2 Å². The second kappa shape index (κ2) is 8.03. The fraction of sp³-hybridized carbons (Fsp3) is 0.368. The van der Waals surface area contributed by atoms with Gasteiger partial charge in [-0.15, -0.1) is 0 Å². The molecule has 2 aromatic rings. The molecule has 0 saturated carbocycles. The summed E-state index contributed by atoms with van der Waals surface area (Å²) in [6.45, 7) is 5.25. The van der Waals surface area contributed by atoms with E-state index in [0.29, 0.717) is 17.1 Å². The molecule has 8 nitrogen and oxygen atoms in total. The number of benzene rings is 1. The molecule has 1 aliphatic rings. The Bertz CT molecular complexity index is 832. The third-order valence-electron chi connectivity index (χ3n) is 3.89. The average Bonchev–Trinajstić information content (AvgIpc) is 2.59. The first-order valence-electron chi connectivity index (χ1n) is 8.65. The Balaban J connectivity index is 1.79. The number of ether oxygens (including phenoxy) is 3. The van der Waals surface area contributed by atoms with Crippen LogP contribution in [0.1, 0.15) is 41.1 Å². The number of nitrogens with zero attached hydrogens (tertiary/aromatic N) is 3. The molecule has 0 radical (unpaired) electrons. The highest BCUT2D eigenvalue weighted by atomic mass is 16.5. The van der Waals surface area contributed by atoms with Crippen LogP contribution in [0.15, 0.2) is 30.6 Å². The van der Waals surface area contributed by atoms with E-state index in [1.807, 2.05) is 13.8 Å². The summed E-state index contributed by atoms with van der Waals surface area (Å²) in [5, 5.41) is 0. The van der Waals surface area contributed by atoms with Crippen LogP contribution in [-0.4, -0.2) is 53.0 Å². The first-order valence-corrected chi connectivity index (χ1v) is 8.65. The predicted molar refractivity (Wildman–Crippen MR) is 96.2 cm³/mol. The van der Waals surface area contributed by atoms with Crippen molar-refractivity contribution in [3.63, 3.8) is 0 Å². The van der Waals surface area contributed by atoms with Gasteiger partial charge in [-0.05, 0) is 32.4 Å². The summed E-state index contributed by atoms with van der Waals surface area (Å²) in [5.41, 5.74) is 0.567. The Hall–Kier alpha value is -3.16. The smallest absolute Gasteiger partial charge is 0.338 e. The molecule has 0 atom stereocenters. The number of aromatic nitrogens is 2. The second-order valence-corrected chi connectivity index (χ2v) is 6.34. The predicted octanol–water partition coefficient (Wildman–Crippen LogP) is 2.69. The quantitative estimate of drug-likeness (QED) is 0.721. The molecule has 1 saturated heterocycles. The minimum absolute atomic E-state index is 0.0719. The van der Waals surface area contributed by atoms with Gasteiger partial charge in [0.1, 0.15) is 17.2 Å². The van der Waals surface area contributed by atoms with Crippen molar-refractivity contribution < 1.29 is 23.8 Å². The fourth-order valence-corrected chi connectivity index (χ4v) is 2.49. The third kappa shape index (κ3) is 4.52. The van der Waals surface area contributed by atoms with Crippen LogP contribution in [-0.2, 0) is 4.74 Å². The molecule has 0 bridgehead atoms. The van der Waals surface area contributed by atoms with E-state index in [4.69, 9.17) is 14.2 Å². The molecule has 3 rings (SSSR count). The molecule has 27 heavy (non-hydrogen) atoms. The summed E-state index contributed by atoms with van der Waals surface area (Å²) in [6.07, 6.45) is 3.70. The molecule has 1 fully saturated rings. The molecule has 1 amide bonds. The average molecular weight is 371 g/mol. The van der Waals surface area contributed by atoms with E-state index in [0.717, 1.165) is 19.5 Å². The summed E-state index contributed by atoms with van der Waals surface area (Å²) < 4.78 is 16.1. The number of amides is 1. The van der Waals surface area contributed by atoms with Crippen molar-refractivity contribution in [1.29, 1.82) is 0 Å². The fourth-order valence-electron chi connectivity index (χ4n) is 2.49. The summed E-state index contributed by atoms with van der Waals surface area (Å²) in [6, 6.07) is 4.76. The highest BCUT2D eigenvalue weighted by Gasteiger charge is 2.23. The van der Waals surface area contributed by atoms with E-state index < -0.39 is 5.97 Å². The van der Waals surface area contributed by atoms with Crippen LogP contribution in [0.5, 0.6) is 17.4 Å². The topological polar surface area (TPSA) is 90.9 Å². The van der Waals surface area contributed by atoms with E-state index in [9.17, 15) is 9.59 Å². The van der Waals surface area contributed by atoms with Crippen LogP contribution in [0, 0.1) is 0 Å². The van der Waals surface area contributed by atoms with Crippen LogP contribution in [0.4, 0.5) is 0 Å². The van der Waals surface area contributed by atoms with E-state index >= 15 is 0 Å². The van der Waals surface area contributed by atoms with Gasteiger partial charge in [0, 0.05) is 19.2 Å². The first-order chi connectivity index (χ1) is 13.0. The lowest BCUT2D eigenvalue weighted by Crippen LogP contribution is -2.42. The zero-order chi connectivity index (χ0) is 19.4. The van der Waals surface area contributed by atoms with Gasteiger partial charge in [0.2, 0.25) is 5.88 Å². The van der Waals surface area contributed by atoms with E-state index in [-0.39, 0.29) is 23.6 Å². The summed E-state index contributed by atoms with van der Waals surface area (Å²) >= 11 is 0. The van der Waals surface area contributed by atoms with Crippen molar-refractivity contribution in [2.24, 2.45) is 0 Å². The molecular formula is C19H21N3O5. The van der Waals surface area contributed by atoms with Crippen LogP contribution < -0.4 is 9.47 Å². The van der Waals surface area contributed by atoms with Gasteiger partial charge < -0.3 is 19.1 Å². The van der Waals surface area contributed by atoms with Crippen LogP contribution in [0.25, 0.3) is 0 Å². The van der Waals surface area contributed by atoms with Crippen LogP contribution in [0.2, 0.25) is 0 Å². The van der Waals surface area contributed by atoms with Crippen LogP contribution in [0.3, 0.4) is 0 Å². The monoisotopic (exact) mass is 371 g/mol. The number of methoxy groups -OCH3 is 1. The molecule has 1 aromatic heterocycles. The van der Waals surface area contributed by atoms with Gasteiger partial charge in [0.05, 0.1) is 31.2 Å². The molecule has 8 heteroatoms. The van der Waals surface area contributed by atoms with Gasteiger partial charge >= 0.3 is 5.97 Å². The lowest BCUT2D eigenvalue weighted by atomic mass is 10.2. The summed E-state index contributed by atoms with van der Waals surface area (Å²) in [4.78, 5) is 33.9. The molecule has 142 valence electrons. The van der Waals surface area contributed by atoms with Crippen molar-refractivity contribution in [2.45, 2.75) is 26.4 Å². The molecule has 0 aliphatic carbocycles. The van der Waals surface area contributed by atoms with Gasteiger partial charge in [-0.25, -0.2) is 14.8 Å². The largest absolute Gasteiger partial charge is 0.491 e. The third-order valence-corrected chi connectivity index (χ3v) is 3.89. The molecule has 0 unspecified atom stereocenters. The maximum absolute atomic E-state index is 12.1. The lowest BCUT2D eigenvalue weighted by Gasteiger charge is -2.30. The maximum atomic E-state index is 12.1. The number of esters is 1. The number of hydrogen-bond donors (Lipinski definition) is 0. The van der Waals surface area contributed by atoms with Crippen molar-refractivity contribution in [3.8, 4) is 17.4 Å². The standard InChI is InChI=1S/C19H21N3O5/c1-12(2)26-14-7-13(19(24)25-3)8-15(9-14)27-17-11-20-16(10-21-17)18(23)22-5-4-6-22/h7-12H,4-6H2,1-3H3. The Morgan fingerprint density at radius 2 is 1.81 bits per heavy atom. The van der Waals surface area contributed by atoms with E-state index in [1.54, 1.807) is 17.0 Å². The summed E-state index contributed by atoms with van der Waals surface area (Å²) in [5.74, 6) is 0.383. The van der Waals surface area contributed by atoms with Gasteiger partial charge in [-0.3, -0.25) is 4.79 Å². The van der Waals surface area contributed by atoms with Gasteiger partial charge in [0.25, 0.3) is 5.91 Å². The van der Waals surface area contributed by atoms with Crippen molar-refractivity contribution in [1.82, 2.24) is 14.9 Å². The SMILES string of the molecule is COC(=O)c1cc(Oc2cnc(C(=O)N3CCC3)cn2)cc(OC(C)C)c1. The van der Waals surface area contributed by atoms with Gasteiger partial charge in [-0.1, -0.05) is 0 Å². The highest BCUT2D eigenvalue weighted by molar-refractivity contribution is 5.92. The number of carbonyl (C=O) groups is 2. The second-order valence-electron chi connectivity index (χ2n) is 6.34. The Labute approximate surface area is 157 Å². The summed E-state index contributed by atoms with van der Waals surface area (Å²) in [7, 11) is 1.30. The number of likely N-dealkylation sites (tertiary alicyclic amines) is 1. The Morgan fingerprint density at radius 3 is 2.37 bits per heavy atom. The van der Waals surface area contributed by atoms with E-state index in [1.165, 1.54) is 25.6 Å². The molecule has 1 aliphatic heterocycles. The number of rotatable bonds is 6. The van der Waals surface area contributed by atoms with Gasteiger partial charge in [0.15, 0.2) is 0 Å². The number of hydrogen-bond acceptors (Lipinski definition) is 7. The van der Waals surface area contributed by atoms with Crippen molar-refractivity contribution in [3.05, 3.63) is 41.9 Å². The lowest BCUT2D eigenvalue weighted by molar-refractivity contribution is 0.0598. The number of carbonyl (C=O) groups excluding carboxylic acids is 2. The first kappa shape index (κ1) is 18.6. The minimum Gasteiger partial charge on any atom is -0.491 e. The molecule has 2 heterocycles. The molecule has 0 N–H and O–H groups in total. The molecular weight excluding hydrogens is 350 g/mol.